The second-order valence-electron chi connectivity index (χ2n) is 10.6. The number of fused-ring (bicyclic) bond motifs is 2. The van der Waals surface area contributed by atoms with Crippen LogP contribution >= 0.6 is 15.8 Å². The summed E-state index contributed by atoms with van der Waals surface area (Å²) in [5.41, 5.74) is 9.22. The molecule has 0 spiro atoms. The third-order valence-electron chi connectivity index (χ3n) is 6.97. The van der Waals surface area contributed by atoms with Crippen LogP contribution in [0.4, 0.5) is 0 Å². The predicted molar refractivity (Wildman–Crippen MR) is 149 cm³/mol. The van der Waals surface area contributed by atoms with E-state index in [0.717, 1.165) is 22.6 Å². The first kappa shape index (κ1) is 25.6. The molecule has 2 aromatic rings. The summed E-state index contributed by atoms with van der Waals surface area (Å²) < 4.78 is 1.35. The van der Waals surface area contributed by atoms with Crippen LogP contribution in [0, 0.1) is 0 Å². The number of allylic oxidation sites excluding steroid dienone is 2. The van der Waals surface area contributed by atoms with Gasteiger partial charge in [0.2, 0.25) is 0 Å². The molecule has 2 unspecified atom stereocenters. The van der Waals surface area contributed by atoms with Crippen molar-refractivity contribution >= 4 is 28.0 Å². The molecule has 0 saturated heterocycles. The second kappa shape index (κ2) is 10.6. The molecule has 0 fully saturated rings. The van der Waals surface area contributed by atoms with E-state index in [0.29, 0.717) is 8.45 Å². The topological polar surface area (TPSA) is 0 Å². The van der Waals surface area contributed by atoms with E-state index in [1.54, 1.807) is 21.8 Å². The quantitative estimate of drug-likeness (QED) is 0.245. The van der Waals surface area contributed by atoms with E-state index in [4.69, 9.17) is 0 Å². The minimum absolute atomic E-state index is 0.129. The summed E-state index contributed by atoms with van der Waals surface area (Å²) in [6.07, 6.45) is 5.24. The van der Waals surface area contributed by atoms with E-state index in [1.807, 2.05) is 0 Å². The maximum atomic E-state index is 2.62. The third kappa shape index (κ3) is 5.07. The Labute approximate surface area is 214 Å². The van der Waals surface area contributed by atoms with Crippen LogP contribution in [0.3, 0.4) is 0 Å². The summed E-state index contributed by atoms with van der Waals surface area (Å²) in [4.78, 5) is 0. The van der Waals surface area contributed by atoms with Crippen molar-refractivity contribution in [2.24, 2.45) is 0 Å². The Morgan fingerprint density at radius 3 is 1.21 bits per heavy atom. The molecule has 0 bridgehead atoms. The Morgan fingerprint density at radius 2 is 0.879 bits per heavy atom. The van der Waals surface area contributed by atoms with Crippen molar-refractivity contribution in [2.75, 3.05) is 0 Å². The van der Waals surface area contributed by atoms with Crippen LogP contribution < -0.4 is 0 Å². The fraction of sp³-hybridized carbons (Fsp3) is 0.467. The van der Waals surface area contributed by atoms with Gasteiger partial charge in [-0.25, -0.2) is 0 Å². The molecule has 0 saturated carbocycles. The molecule has 0 nitrogen and oxygen atoms in total. The number of benzene rings is 2. The standard InChI is InChI=1S/2C15H20P.Ti/c2*1-11(2)16(12(3)4)15-9-13-7-5-6-8-14(13)10-15;/h2*5-12H,1-4H3;. The van der Waals surface area contributed by atoms with E-state index in [2.05, 4.69) is 116 Å². The van der Waals surface area contributed by atoms with Gasteiger partial charge in [-0.05, 0) is 0 Å². The molecule has 33 heavy (non-hydrogen) atoms. The first-order chi connectivity index (χ1) is 15.7. The van der Waals surface area contributed by atoms with Crippen LogP contribution in [0.25, 0.3) is 12.2 Å². The molecule has 0 radical (unpaired) electrons. The summed E-state index contributed by atoms with van der Waals surface area (Å²) in [5.74, 6) is 0. The van der Waals surface area contributed by atoms with Gasteiger partial charge in [-0.3, -0.25) is 0 Å². The second-order valence-corrected chi connectivity index (χ2v) is 19.7. The van der Waals surface area contributed by atoms with Crippen molar-refractivity contribution in [1.82, 2.24) is 0 Å². The van der Waals surface area contributed by atoms with Gasteiger partial charge in [0.1, 0.15) is 0 Å². The summed E-state index contributed by atoms with van der Waals surface area (Å²) in [6, 6.07) is 18.6. The molecule has 3 heteroatoms. The van der Waals surface area contributed by atoms with Crippen LogP contribution in [-0.2, 0) is 19.2 Å². The normalized spacial score (nSPS) is 19.7. The molecular weight excluding hydrogens is 470 g/mol. The van der Waals surface area contributed by atoms with Crippen molar-refractivity contribution in [2.45, 2.75) is 86.5 Å². The molecular formula is C30H40P2Ti. The maximum absolute atomic E-state index is 2.62. The Hall–Kier alpha value is -0.506. The fourth-order valence-corrected chi connectivity index (χ4v) is 16.9. The van der Waals surface area contributed by atoms with Crippen LogP contribution in [-0.4, -0.2) is 22.6 Å². The predicted octanol–water partition coefficient (Wildman–Crippen LogP) is 9.86. The van der Waals surface area contributed by atoms with Crippen molar-refractivity contribution < 1.29 is 19.2 Å². The average Bonchev–Trinajstić information content (AvgIpc) is 3.26. The summed E-state index contributed by atoms with van der Waals surface area (Å²) in [7, 11) is -0.258. The summed E-state index contributed by atoms with van der Waals surface area (Å²) in [6.45, 7) is 19.7. The molecule has 2 aliphatic carbocycles. The van der Waals surface area contributed by atoms with Gasteiger partial charge in [-0.1, -0.05) is 0 Å². The number of rotatable bonds is 8. The van der Waals surface area contributed by atoms with Crippen LogP contribution in [0.2, 0.25) is 0 Å². The zero-order valence-electron chi connectivity index (χ0n) is 21.6. The number of hydrogen-bond donors (Lipinski definition) is 0. The molecule has 0 amide bonds. The van der Waals surface area contributed by atoms with Gasteiger partial charge in [0.25, 0.3) is 0 Å². The molecule has 174 valence electrons. The molecule has 2 aliphatic rings. The van der Waals surface area contributed by atoms with E-state index in [-0.39, 0.29) is 35.0 Å². The molecule has 2 aromatic carbocycles. The van der Waals surface area contributed by atoms with E-state index < -0.39 is 0 Å². The van der Waals surface area contributed by atoms with Crippen LogP contribution in [0.1, 0.15) is 86.1 Å². The Morgan fingerprint density at radius 1 is 0.545 bits per heavy atom. The molecule has 0 N–H and O–H groups in total. The van der Waals surface area contributed by atoms with Gasteiger partial charge in [0.15, 0.2) is 0 Å². The fourth-order valence-electron chi connectivity index (χ4n) is 5.96. The summed E-state index contributed by atoms with van der Waals surface area (Å²) in [5, 5.41) is 3.61. The first-order valence-electron chi connectivity index (χ1n) is 12.6. The van der Waals surface area contributed by atoms with Crippen LogP contribution in [0.15, 0.2) is 59.2 Å². The van der Waals surface area contributed by atoms with Crippen molar-refractivity contribution in [3.63, 3.8) is 0 Å². The Kier molecular flexibility index (Phi) is 8.24. The van der Waals surface area contributed by atoms with E-state index in [9.17, 15) is 0 Å². The van der Waals surface area contributed by atoms with Gasteiger partial charge in [0, 0.05) is 0 Å². The molecule has 4 rings (SSSR count). The average molecular weight is 510 g/mol. The zero-order valence-corrected chi connectivity index (χ0v) is 25.0. The zero-order chi connectivity index (χ0) is 23.9. The van der Waals surface area contributed by atoms with Gasteiger partial charge < -0.3 is 0 Å². The Balaban J connectivity index is 1.79. The van der Waals surface area contributed by atoms with Gasteiger partial charge in [-0.15, -0.1) is 0 Å². The SMILES string of the molecule is CC(C)P(C1=Cc2ccccc2[CH]1[Ti][CH]1C(P(C(C)C)C(C)C)=Cc2ccccc21)C(C)C. The van der Waals surface area contributed by atoms with Crippen molar-refractivity contribution in [3.8, 4) is 0 Å². The Bertz CT molecular complexity index is 947. The van der Waals surface area contributed by atoms with E-state index in [1.165, 1.54) is 11.1 Å². The van der Waals surface area contributed by atoms with Gasteiger partial charge in [0.05, 0.1) is 0 Å². The first-order valence-corrected chi connectivity index (χ1v) is 17.4. The molecule has 0 heterocycles. The van der Waals surface area contributed by atoms with Crippen LogP contribution in [0.5, 0.6) is 0 Å². The minimum atomic E-state index is -0.297. The van der Waals surface area contributed by atoms with E-state index >= 15 is 0 Å². The van der Waals surface area contributed by atoms with Crippen molar-refractivity contribution in [1.29, 1.82) is 0 Å². The monoisotopic (exact) mass is 510 g/mol. The summed E-state index contributed by atoms with van der Waals surface area (Å²) >= 11 is -0.297. The third-order valence-corrected chi connectivity index (χ3v) is 17.1. The van der Waals surface area contributed by atoms with Crippen molar-refractivity contribution in [3.05, 3.63) is 81.4 Å². The molecule has 0 aromatic heterocycles. The molecule has 2 atom stereocenters. The van der Waals surface area contributed by atoms with Gasteiger partial charge >= 0.3 is 215 Å². The number of hydrogen-bond acceptors (Lipinski definition) is 0. The van der Waals surface area contributed by atoms with Gasteiger partial charge in [-0.2, -0.15) is 0 Å². The molecule has 0 aliphatic heterocycles.